The van der Waals surface area contributed by atoms with Crippen LogP contribution in [-0.2, 0) is 14.8 Å². The molecule has 7 heteroatoms. The van der Waals surface area contributed by atoms with Gasteiger partial charge in [-0.3, -0.25) is 4.72 Å². The molecule has 0 amide bonds. The van der Waals surface area contributed by atoms with Crippen molar-refractivity contribution in [2.45, 2.75) is 38.9 Å². The molecule has 0 unspecified atom stereocenters. The molecule has 0 bridgehead atoms. The fourth-order valence-corrected chi connectivity index (χ4v) is 5.41. The summed E-state index contributed by atoms with van der Waals surface area (Å²) in [7, 11) is -3.77. The van der Waals surface area contributed by atoms with E-state index in [-0.39, 0.29) is 5.56 Å². The van der Waals surface area contributed by atoms with Crippen LogP contribution in [0.25, 0.3) is 0 Å². The molecule has 0 fully saturated rings. The van der Waals surface area contributed by atoms with E-state index in [2.05, 4.69) is 37.0 Å². The highest BCUT2D eigenvalue weighted by Gasteiger charge is 2.24. The first-order chi connectivity index (χ1) is 11.2. The Hall–Kier alpha value is -1.78. The van der Waals surface area contributed by atoms with Crippen molar-refractivity contribution >= 4 is 29.8 Å². The highest BCUT2D eigenvalue weighted by molar-refractivity contribution is 7.92. The van der Waals surface area contributed by atoms with Crippen LogP contribution in [0.2, 0.25) is 18.1 Å². The summed E-state index contributed by atoms with van der Waals surface area (Å²) >= 11 is 0. The van der Waals surface area contributed by atoms with Gasteiger partial charge in [0.05, 0.1) is 18.9 Å². The van der Waals surface area contributed by atoms with Crippen LogP contribution in [0.1, 0.15) is 36.7 Å². The molecule has 24 heavy (non-hydrogen) atoms. The normalized spacial score (nSPS) is 11.4. The first-order valence-electron chi connectivity index (χ1n) is 7.93. The number of methoxy groups -OCH3 is 1. The predicted molar refractivity (Wildman–Crippen MR) is 100 cm³/mol. The van der Waals surface area contributed by atoms with Gasteiger partial charge in [0.2, 0.25) is 10.0 Å². The molecule has 1 N–H and O–H groups in total. The monoisotopic (exact) mass is 367 g/mol. The molecule has 0 aliphatic heterocycles. The van der Waals surface area contributed by atoms with Crippen molar-refractivity contribution in [3.8, 4) is 11.5 Å². The van der Waals surface area contributed by atoms with Crippen LogP contribution >= 0.6 is 0 Å². The van der Waals surface area contributed by atoms with E-state index >= 15 is 0 Å². The lowest BCUT2D eigenvalue weighted by Gasteiger charge is -2.20. The Morgan fingerprint density at radius 3 is 2.25 bits per heavy atom. The molecule has 0 aliphatic rings. The number of rotatable bonds is 6. The summed E-state index contributed by atoms with van der Waals surface area (Å²) < 4.78 is 29.9. The lowest BCUT2D eigenvalue weighted by molar-refractivity contribution is 0.0600. The fourth-order valence-electron chi connectivity index (χ4n) is 2.42. The van der Waals surface area contributed by atoms with Crippen LogP contribution in [0, 0.1) is 11.5 Å². The number of carbonyl (C=O) groups excluding carboxylic acids is 1. The number of hydrogen-bond acceptors (Lipinski definition) is 4. The van der Waals surface area contributed by atoms with E-state index < -0.39 is 24.1 Å². The summed E-state index contributed by atoms with van der Waals surface area (Å²) in [5.74, 6) is 2.61. The Morgan fingerprint density at radius 1 is 1.21 bits per heavy atom. The van der Waals surface area contributed by atoms with Crippen molar-refractivity contribution in [2.24, 2.45) is 0 Å². The molecule has 0 saturated heterocycles. The van der Waals surface area contributed by atoms with Gasteiger partial charge in [0.25, 0.3) is 0 Å². The van der Waals surface area contributed by atoms with Crippen molar-refractivity contribution in [1.82, 2.24) is 0 Å². The first-order valence-corrected chi connectivity index (χ1v) is 12.4. The van der Waals surface area contributed by atoms with Crippen molar-refractivity contribution in [2.75, 3.05) is 18.1 Å². The predicted octanol–water partition coefficient (Wildman–Crippen LogP) is 3.24. The average molecular weight is 368 g/mol. The molecule has 0 heterocycles. The number of nitrogens with one attached hydrogen (secondary N) is 1. The van der Waals surface area contributed by atoms with Gasteiger partial charge in [-0.2, -0.15) is 0 Å². The fraction of sp³-hybridized carbons (Fsp3) is 0.471. The van der Waals surface area contributed by atoms with Crippen molar-refractivity contribution in [3.05, 3.63) is 29.3 Å². The van der Waals surface area contributed by atoms with E-state index in [1.807, 2.05) is 0 Å². The highest BCUT2D eigenvalue weighted by Crippen LogP contribution is 2.21. The van der Waals surface area contributed by atoms with E-state index in [4.69, 9.17) is 4.74 Å². The second-order valence-electron chi connectivity index (χ2n) is 5.72. The van der Waals surface area contributed by atoms with Crippen LogP contribution in [0.3, 0.4) is 0 Å². The number of hydrogen-bond donors (Lipinski definition) is 1. The Morgan fingerprint density at radius 2 is 1.79 bits per heavy atom. The second kappa shape index (κ2) is 8.35. The standard InChI is InChI=1S/C17H25NO4SSi/c1-6-24(7-2,8-3)12-11-14-9-10-15(18-23(5,20)21)13-16(14)17(19)22-4/h9-10,13,18H,6-8H2,1-5H3. The van der Waals surface area contributed by atoms with Crippen molar-refractivity contribution in [1.29, 1.82) is 0 Å². The van der Waals surface area contributed by atoms with Crippen LogP contribution in [0.15, 0.2) is 18.2 Å². The van der Waals surface area contributed by atoms with Gasteiger partial charge in [-0.1, -0.05) is 26.7 Å². The summed E-state index contributed by atoms with van der Waals surface area (Å²) in [6, 6.07) is 7.91. The molecule has 0 aliphatic carbocycles. The van der Waals surface area contributed by atoms with Gasteiger partial charge in [0.1, 0.15) is 8.07 Å². The molecular formula is C17H25NO4SSi. The molecule has 0 aromatic heterocycles. The smallest absolute Gasteiger partial charge is 0.339 e. The quantitative estimate of drug-likeness (QED) is 0.476. The van der Waals surface area contributed by atoms with Crippen molar-refractivity contribution in [3.63, 3.8) is 0 Å². The molecule has 0 atom stereocenters. The molecule has 0 spiro atoms. The number of sulfonamides is 1. The molecule has 0 saturated carbocycles. The Kier molecular flexibility index (Phi) is 7.05. The van der Waals surface area contributed by atoms with Gasteiger partial charge in [-0.15, -0.1) is 5.54 Å². The van der Waals surface area contributed by atoms with Gasteiger partial charge < -0.3 is 4.74 Å². The zero-order valence-electron chi connectivity index (χ0n) is 14.9. The van der Waals surface area contributed by atoms with E-state index in [1.54, 1.807) is 12.1 Å². The molecule has 132 valence electrons. The van der Waals surface area contributed by atoms with Crippen LogP contribution < -0.4 is 4.72 Å². The Bertz CT molecular complexity index is 750. The number of ether oxygens (including phenoxy) is 1. The van der Waals surface area contributed by atoms with Gasteiger partial charge in [0.15, 0.2) is 0 Å². The average Bonchev–Trinajstić information content (AvgIpc) is 2.55. The van der Waals surface area contributed by atoms with Gasteiger partial charge in [-0.25, -0.2) is 13.2 Å². The third-order valence-electron chi connectivity index (χ3n) is 4.22. The van der Waals surface area contributed by atoms with E-state index in [1.165, 1.54) is 13.2 Å². The topological polar surface area (TPSA) is 72.5 Å². The summed E-state index contributed by atoms with van der Waals surface area (Å²) in [6.45, 7) is 6.48. The maximum Gasteiger partial charge on any atom is 0.339 e. The largest absolute Gasteiger partial charge is 0.465 e. The molecular weight excluding hydrogens is 342 g/mol. The molecule has 5 nitrogen and oxygen atoms in total. The minimum absolute atomic E-state index is 0.268. The SMILES string of the molecule is CC[Si](C#Cc1ccc(NS(C)(=O)=O)cc1C(=O)OC)(CC)CC. The van der Waals surface area contributed by atoms with Crippen LogP contribution in [0.5, 0.6) is 0 Å². The maximum atomic E-state index is 12.0. The zero-order chi connectivity index (χ0) is 18.4. The molecule has 1 rings (SSSR count). The highest BCUT2D eigenvalue weighted by atomic mass is 32.2. The number of anilines is 1. The second-order valence-corrected chi connectivity index (χ2v) is 12.4. The third kappa shape index (κ3) is 5.39. The summed E-state index contributed by atoms with van der Waals surface area (Å²) in [5, 5.41) is 0. The maximum absolute atomic E-state index is 12.0. The van der Waals surface area contributed by atoms with Crippen LogP contribution in [0.4, 0.5) is 5.69 Å². The Balaban J connectivity index is 3.36. The van der Waals surface area contributed by atoms with Gasteiger partial charge >= 0.3 is 5.97 Å². The van der Waals surface area contributed by atoms with E-state index in [0.29, 0.717) is 11.3 Å². The lowest BCUT2D eigenvalue weighted by atomic mass is 10.1. The van der Waals surface area contributed by atoms with E-state index in [0.717, 1.165) is 24.4 Å². The van der Waals surface area contributed by atoms with Gasteiger partial charge in [-0.05, 0) is 36.3 Å². The Labute approximate surface area is 145 Å². The van der Waals surface area contributed by atoms with Crippen molar-refractivity contribution < 1.29 is 17.9 Å². The minimum Gasteiger partial charge on any atom is -0.465 e. The molecule has 1 aromatic carbocycles. The van der Waals surface area contributed by atoms with Gasteiger partial charge in [0, 0.05) is 11.3 Å². The zero-order valence-corrected chi connectivity index (χ0v) is 16.7. The van der Waals surface area contributed by atoms with Crippen LogP contribution in [-0.4, -0.2) is 35.8 Å². The molecule has 0 radical (unpaired) electrons. The number of carbonyl (C=O) groups is 1. The van der Waals surface area contributed by atoms with E-state index in [9.17, 15) is 13.2 Å². The molecule has 1 aromatic rings. The first kappa shape index (κ1) is 20.3. The lowest BCUT2D eigenvalue weighted by Crippen LogP contribution is -2.29. The summed E-state index contributed by atoms with van der Waals surface area (Å²) in [4.78, 5) is 12.0. The summed E-state index contributed by atoms with van der Waals surface area (Å²) in [5.41, 5.74) is 4.57. The third-order valence-corrected chi connectivity index (χ3v) is 9.54. The summed E-state index contributed by atoms with van der Waals surface area (Å²) in [6.07, 6.45) is 1.06. The number of esters is 1. The minimum atomic E-state index is -3.42. The number of benzene rings is 1.